The van der Waals surface area contributed by atoms with Crippen molar-refractivity contribution in [3.8, 4) is 0 Å². The fourth-order valence-electron chi connectivity index (χ4n) is 4.48. The Kier molecular flexibility index (Phi) is 4.69. The number of hydrogen-bond acceptors (Lipinski definition) is 1. The van der Waals surface area contributed by atoms with Crippen LogP contribution in [0, 0.1) is 17.3 Å². The van der Waals surface area contributed by atoms with Gasteiger partial charge in [-0.15, -0.1) is 0 Å². The summed E-state index contributed by atoms with van der Waals surface area (Å²) in [5.41, 5.74) is 2.17. The third-order valence-electron chi connectivity index (χ3n) is 5.68. The highest BCUT2D eigenvalue weighted by molar-refractivity contribution is 5.27. The third kappa shape index (κ3) is 3.51. The lowest BCUT2D eigenvalue weighted by Crippen LogP contribution is -2.39. The van der Waals surface area contributed by atoms with Gasteiger partial charge in [-0.2, -0.15) is 0 Å². The van der Waals surface area contributed by atoms with E-state index in [1.165, 1.54) is 51.6 Å². The maximum atomic E-state index is 3.79. The Hall–Kier alpha value is -0.820. The van der Waals surface area contributed by atoms with Crippen LogP contribution in [0.4, 0.5) is 0 Å². The molecule has 0 aliphatic heterocycles. The standard InChI is InChI=1S/C20H31N/c1-16(2)14-21-15-20(11-7-4-8-12-20)19-13-18(19)17-9-5-3-6-10-17/h3,5-6,9-10,16,18-19,21H,4,7-8,11-15H2,1-2H3. The van der Waals surface area contributed by atoms with Crippen LogP contribution >= 0.6 is 0 Å². The predicted octanol–water partition coefficient (Wildman–Crippen LogP) is 4.99. The summed E-state index contributed by atoms with van der Waals surface area (Å²) in [5, 5.41) is 3.79. The molecule has 2 fully saturated rings. The second-order valence-corrected chi connectivity index (χ2v) is 7.81. The highest BCUT2D eigenvalue weighted by Gasteiger charge is 2.52. The molecule has 2 saturated carbocycles. The van der Waals surface area contributed by atoms with Gasteiger partial charge in [-0.05, 0) is 54.5 Å². The minimum atomic E-state index is 0.591. The van der Waals surface area contributed by atoms with E-state index in [1.54, 1.807) is 5.56 Å². The van der Waals surface area contributed by atoms with E-state index in [-0.39, 0.29) is 0 Å². The lowest BCUT2D eigenvalue weighted by molar-refractivity contribution is 0.144. The number of rotatable bonds is 6. The van der Waals surface area contributed by atoms with Crippen LogP contribution in [-0.4, -0.2) is 13.1 Å². The molecule has 1 heteroatoms. The average molecular weight is 285 g/mol. The largest absolute Gasteiger partial charge is 0.316 e. The molecule has 1 N–H and O–H groups in total. The Morgan fingerprint density at radius 3 is 2.48 bits per heavy atom. The molecule has 1 aromatic carbocycles. The molecule has 0 saturated heterocycles. The first-order valence-corrected chi connectivity index (χ1v) is 8.97. The van der Waals surface area contributed by atoms with E-state index in [4.69, 9.17) is 0 Å². The molecule has 1 nitrogen and oxygen atoms in total. The summed E-state index contributed by atoms with van der Waals surface area (Å²) in [7, 11) is 0. The summed E-state index contributed by atoms with van der Waals surface area (Å²) in [5.74, 6) is 2.53. The van der Waals surface area contributed by atoms with Gasteiger partial charge >= 0.3 is 0 Å². The number of hydrogen-bond donors (Lipinski definition) is 1. The maximum Gasteiger partial charge on any atom is 0.00108 e. The Bertz CT molecular complexity index is 430. The fourth-order valence-corrected chi connectivity index (χ4v) is 4.48. The molecule has 0 bridgehead atoms. The van der Waals surface area contributed by atoms with Crippen molar-refractivity contribution in [2.75, 3.05) is 13.1 Å². The van der Waals surface area contributed by atoms with E-state index in [2.05, 4.69) is 49.5 Å². The lowest BCUT2D eigenvalue weighted by Gasteiger charge is -2.39. The summed E-state index contributed by atoms with van der Waals surface area (Å²) in [4.78, 5) is 0. The number of benzene rings is 1. The van der Waals surface area contributed by atoms with Crippen molar-refractivity contribution in [1.82, 2.24) is 5.32 Å². The van der Waals surface area contributed by atoms with Crippen LogP contribution < -0.4 is 5.32 Å². The Morgan fingerprint density at radius 1 is 1.10 bits per heavy atom. The zero-order valence-corrected chi connectivity index (χ0v) is 13.8. The zero-order chi connectivity index (χ0) is 14.7. The van der Waals surface area contributed by atoms with E-state index in [1.807, 2.05) is 0 Å². The molecule has 116 valence electrons. The van der Waals surface area contributed by atoms with E-state index >= 15 is 0 Å². The monoisotopic (exact) mass is 285 g/mol. The quantitative estimate of drug-likeness (QED) is 0.776. The molecule has 0 aromatic heterocycles. The van der Waals surface area contributed by atoms with Gasteiger partial charge in [-0.25, -0.2) is 0 Å². The molecular weight excluding hydrogens is 254 g/mol. The zero-order valence-electron chi connectivity index (χ0n) is 13.8. The summed E-state index contributed by atoms with van der Waals surface area (Å²) in [6, 6.07) is 11.2. The van der Waals surface area contributed by atoms with Crippen LogP contribution in [0.15, 0.2) is 30.3 Å². The maximum absolute atomic E-state index is 3.79. The molecule has 0 heterocycles. The van der Waals surface area contributed by atoms with Gasteiger partial charge in [0.2, 0.25) is 0 Å². The fraction of sp³-hybridized carbons (Fsp3) is 0.700. The summed E-state index contributed by atoms with van der Waals surface area (Å²) < 4.78 is 0. The second-order valence-electron chi connectivity index (χ2n) is 7.81. The van der Waals surface area contributed by atoms with Crippen LogP contribution in [0.2, 0.25) is 0 Å². The molecule has 0 radical (unpaired) electrons. The average Bonchev–Trinajstić information content (AvgIpc) is 3.30. The molecule has 21 heavy (non-hydrogen) atoms. The molecule has 3 rings (SSSR count). The summed E-state index contributed by atoms with van der Waals surface area (Å²) in [6.45, 7) is 7.04. The molecule has 2 atom stereocenters. The predicted molar refractivity (Wildman–Crippen MR) is 90.5 cm³/mol. The first kappa shape index (κ1) is 15.1. The van der Waals surface area contributed by atoms with Crippen molar-refractivity contribution in [2.24, 2.45) is 17.3 Å². The Labute approximate surface area is 130 Å². The molecule has 2 aliphatic carbocycles. The van der Waals surface area contributed by atoms with Gasteiger partial charge in [-0.3, -0.25) is 0 Å². The molecule has 0 amide bonds. The second kappa shape index (κ2) is 6.52. The van der Waals surface area contributed by atoms with Gasteiger partial charge in [0.05, 0.1) is 0 Å². The van der Waals surface area contributed by atoms with Crippen molar-refractivity contribution in [1.29, 1.82) is 0 Å². The topological polar surface area (TPSA) is 12.0 Å². The minimum Gasteiger partial charge on any atom is -0.316 e. The molecule has 2 aliphatic rings. The van der Waals surface area contributed by atoms with Gasteiger partial charge in [-0.1, -0.05) is 63.4 Å². The SMILES string of the molecule is CC(C)CNCC1(C2CC2c2ccccc2)CCCCC1. The van der Waals surface area contributed by atoms with E-state index < -0.39 is 0 Å². The van der Waals surface area contributed by atoms with Crippen molar-refractivity contribution < 1.29 is 0 Å². The highest BCUT2D eigenvalue weighted by Crippen LogP contribution is 2.61. The lowest BCUT2D eigenvalue weighted by atomic mass is 9.69. The van der Waals surface area contributed by atoms with Gasteiger partial charge in [0.15, 0.2) is 0 Å². The normalized spacial score (nSPS) is 27.8. The van der Waals surface area contributed by atoms with E-state index in [9.17, 15) is 0 Å². The third-order valence-corrected chi connectivity index (χ3v) is 5.68. The Balaban J connectivity index is 1.66. The van der Waals surface area contributed by atoms with Crippen molar-refractivity contribution in [3.63, 3.8) is 0 Å². The van der Waals surface area contributed by atoms with Crippen LogP contribution in [0.1, 0.15) is 63.9 Å². The minimum absolute atomic E-state index is 0.591. The molecule has 1 aromatic rings. The van der Waals surface area contributed by atoms with Crippen LogP contribution in [0.3, 0.4) is 0 Å². The van der Waals surface area contributed by atoms with Gasteiger partial charge < -0.3 is 5.32 Å². The van der Waals surface area contributed by atoms with E-state index in [0.29, 0.717) is 5.41 Å². The first-order valence-electron chi connectivity index (χ1n) is 8.97. The van der Waals surface area contributed by atoms with E-state index in [0.717, 1.165) is 17.8 Å². The molecule has 2 unspecified atom stereocenters. The van der Waals surface area contributed by atoms with Crippen LogP contribution in [-0.2, 0) is 0 Å². The van der Waals surface area contributed by atoms with Crippen molar-refractivity contribution in [3.05, 3.63) is 35.9 Å². The molecular formula is C20H31N. The number of nitrogens with one attached hydrogen (secondary N) is 1. The van der Waals surface area contributed by atoms with Crippen LogP contribution in [0.5, 0.6) is 0 Å². The van der Waals surface area contributed by atoms with Crippen molar-refractivity contribution >= 4 is 0 Å². The van der Waals surface area contributed by atoms with Gasteiger partial charge in [0, 0.05) is 6.54 Å². The first-order chi connectivity index (χ1) is 10.2. The van der Waals surface area contributed by atoms with Crippen LogP contribution in [0.25, 0.3) is 0 Å². The smallest absolute Gasteiger partial charge is 0.00108 e. The van der Waals surface area contributed by atoms with Crippen molar-refractivity contribution in [2.45, 2.75) is 58.3 Å². The van der Waals surface area contributed by atoms with Gasteiger partial charge in [0.25, 0.3) is 0 Å². The highest BCUT2D eigenvalue weighted by atomic mass is 14.9. The molecule has 0 spiro atoms. The summed E-state index contributed by atoms with van der Waals surface area (Å²) >= 11 is 0. The van der Waals surface area contributed by atoms with Gasteiger partial charge in [0.1, 0.15) is 0 Å². The Morgan fingerprint density at radius 2 is 1.81 bits per heavy atom. The summed E-state index contributed by atoms with van der Waals surface area (Å²) in [6.07, 6.45) is 8.67.